The number of ketones is 2. The number of aliphatic hydroxyl groups is 1. The van der Waals surface area contributed by atoms with Crippen LogP contribution in [0.1, 0.15) is 38.7 Å². The van der Waals surface area contributed by atoms with Gasteiger partial charge in [0.1, 0.15) is 16.2 Å². The Hall–Kier alpha value is 0.0300. The van der Waals surface area contributed by atoms with Crippen LogP contribution in [-0.4, -0.2) is 49.9 Å². The number of carbonyl (C=O) groups excluding carboxylic acids is 3. The van der Waals surface area contributed by atoms with E-state index >= 15 is 0 Å². The number of nitrogens with one attached hydrogen (secondary N) is 1. The zero-order valence-corrected chi connectivity index (χ0v) is 31.3. The summed E-state index contributed by atoms with van der Waals surface area (Å²) in [5.74, 6) is -2.76. The highest BCUT2D eigenvalue weighted by molar-refractivity contribution is 8.74. The van der Waals surface area contributed by atoms with Crippen molar-refractivity contribution in [3.05, 3.63) is 28.3 Å². The molecule has 1 amide bonds. The minimum Gasteiger partial charge on any atom is -0.506 e. The number of halogens is 1. The van der Waals surface area contributed by atoms with Gasteiger partial charge >= 0.3 is 0 Å². The van der Waals surface area contributed by atoms with Gasteiger partial charge in [-0.05, 0) is 25.5 Å². The number of benzene rings is 1. The van der Waals surface area contributed by atoms with Crippen molar-refractivity contribution in [2.75, 3.05) is 12.8 Å². The van der Waals surface area contributed by atoms with Crippen molar-refractivity contribution in [2.24, 2.45) is 0 Å². The lowest BCUT2D eigenvalue weighted by atomic mass is 9.90. The summed E-state index contributed by atoms with van der Waals surface area (Å²) in [6.07, 6.45) is -0.468. The number of carbonyl (C=O) groups is 3. The summed E-state index contributed by atoms with van der Waals surface area (Å²) in [7, 11) is 12.1. The molecule has 40 heavy (non-hydrogen) atoms. The molecule has 1 aromatic carbocycles. The van der Waals surface area contributed by atoms with Gasteiger partial charge in [0, 0.05) is 128 Å². The summed E-state index contributed by atoms with van der Waals surface area (Å²) in [6, 6.07) is 2.38. The van der Waals surface area contributed by atoms with Gasteiger partial charge in [0.2, 0.25) is 0 Å². The average Bonchev–Trinajstić information content (AvgIpc) is 2.93. The zero-order valence-electron chi connectivity index (χ0n) is 20.7. The van der Waals surface area contributed by atoms with Crippen LogP contribution in [0.4, 0.5) is 0 Å². The van der Waals surface area contributed by atoms with Gasteiger partial charge in [0.25, 0.3) is 5.91 Å². The summed E-state index contributed by atoms with van der Waals surface area (Å²) in [5, 5.41) is 12.7. The van der Waals surface area contributed by atoms with Crippen LogP contribution in [0.3, 0.4) is 0 Å². The fourth-order valence-electron chi connectivity index (χ4n) is 2.96. The van der Waals surface area contributed by atoms with Gasteiger partial charge in [-0.1, -0.05) is 18.5 Å². The molecule has 0 saturated heterocycles. The summed E-state index contributed by atoms with van der Waals surface area (Å²) in [6.45, 7) is 2.83. The largest absolute Gasteiger partial charge is 0.506 e. The van der Waals surface area contributed by atoms with Crippen LogP contribution in [0.2, 0.25) is 5.02 Å². The molecule has 0 spiro atoms. The quantitative estimate of drug-likeness (QED) is 0.254. The van der Waals surface area contributed by atoms with Crippen LogP contribution >= 0.6 is 11.6 Å². The van der Waals surface area contributed by atoms with Gasteiger partial charge < -0.3 is 15.2 Å². The molecule has 1 atom stereocenters. The Morgan fingerprint density at radius 2 is 1.55 bits per heavy atom. The second-order valence-corrected chi connectivity index (χ2v) is 25.6. The maximum Gasteiger partial charge on any atom is 0.260 e. The number of hydrogen-bond acceptors (Lipinski definition) is 9. The molecule has 2 N–H and O–H groups in total. The minimum atomic E-state index is -3.79. The highest BCUT2D eigenvalue weighted by Gasteiger charge is 2.31. The molecule has 1 aliphatic rings. The molecule has 1 unspecified atom stereocenters. The third kappa shape index (κ3) is 12.0. The first-order valence-electron chi connectivity index (χ1n) is 10.6. The van der Waals surface area contributed by atoms with E-state index in [0.717, 1.165) is 0 Å². The number of rotatable bonds is 6. The van der Waals surface area contributed by atoms with Crippen molar-refractivity contribution in [2.45, 2.75) is 44.1 Å². The molecule has 21 heteroatoms. The van der Waals surface area contributed by atoms with Gasteiger partial charge in [0.05, 0.1) is 10.8 Å². The number of likely N-dealkylation sites (N-methyl/N-ethyl adjacent to an activating group) is 1. The lowest BCUT2D eigenvalue weighted by Gasteiger charge is -2.20. The van der Waals surface area contributed by atoms with Crippen LogP contribution < -0.4 is 10.1 Å². The summed E-state index contributed by atoms with van der Waals surface area (Å²) < 4.78 is 30.4. The van der Waals surface area contributed by atoms with Crippen LogP contribution in [0.25, 0.3) is 5.76 Å². The van der Waals surface area contributed by atoms with Crippen LogP contribution in [0, 0.1) is 0 Å². The van der Waals surface area contributed by atoms with E-state index in [1.807, 2.05) is 0 Å². The second kappa shape index (κ2) is 20.1. The molecule has 0 bridgehead atoms. The number of aliphatic hydroxyl groups excluding tert-OH is 1. The van der Waals surface area contributed by atoms with E-state index in [1.54, 1.807) is 62.2 Å². The third-order valence-corrected chi connectivity index (χ3v) is 24.7. The summed E-state index contributed by atoms with van der Waals surface area (Å²) in [5.41, 5.74) is -0.492. The Kier molecular flexibility index (Phi) is 19.1. The van der Waals surface area contributed by atoms with Crippen molar-refractivity contribution < 1.29 is 32.6 Å². The maximum atomic E-state index is 12.5. The van der Waals surface area contributed by atoms with Crippen LogP contribution in [0.5, 0.6) is 5.75 Å². The van der Waals surface area contributed by atoms with E-state index in [0.29, 0.717) is 6.42 Å². The highest BCUT2D eigenvalue weighted by atomic mass is 35.5. The van der Waals surface area contributed by atoms with Crippen LogP contribution in [-0.2, 0) is 127 Å². The van der Waals surface area contributed by atoms with E-state index in [1.165, 1.54) is 50.8 Å². The second-order valence-electron chi connectivity index (χ2n) is 7.07. The smallest absolute Gasteiger partial charge is 0.260 e. The molecule has 1 saturated carbocycles. The summed E-state index contributed by atoms with van der Waals surface area (Å²) in [4.78, 5) is 35.8. The molecule has 1 aliphatic carbocycles. The van der Waals surface area contributed by atoms with Gasteiger partial charge in [-0.25, -0.2) is 8.42 Å². The molecule has 8 nitrogen and oxygen atoms in total. The number of hydrogen-bond donors (Lipinski definition) is 2. The van der Waals surface area contributed by atoms with E-state index in [2.05, 4.69) is 27.7 Å². The van der Waals surface area contributed by atoms with Crippen molar-refractivity contribution in [3.8, 4) is 5.75 Å². The SMILES string of the molecule is CCS(=O)(=O)c1ccc(C(O)=C2C(=O)CCCC2=O)c(Cl)c1OC(C)C(=O)NC.S=S=S=S=S=S=S=S=S=S=S. The maximum absolute atomic E-state index is 12.5. The number of Topliss-reactive ketones (excluding diaryl/α,β-unsaturated/α-hetero) is 2. The molecular weight excluding hydrogens is 774 g/mol. The van der Waals surface area contributed by atoms with Crippen molar-refractivity contribution in [1.29, 1.82) is 0 Å². The minimum absolute atomic E-state index is 0.113. The van der Waals surface area contributed by atoms with Gasteiger partial charge in [0.15, 0.2) is 33.3 Å². The Balaban J connectivity index is 0.000000614. The normalized spacial score (nSPS) is 13.3. The molecule has 0 aliphatic heterocycles. The molecule has 0 aromatic heterocycles. The first-order chi connectivity index (χ1) is 19.0. The van der Waals surface area contributed by atoms with Crippen molar-refractivity contribution in [3.63, 3.8) is 0 Å². The number of amides is 1. The van der Waals surface area contributed by atoms with Gasteiger partial charge in [-0.3, -0.25) is 14.4 Å². The standard InChI is InChI=1S/C19H22ClNO7S.S11/c1-4-29(26,27)14-9-8-11(16(20)18(14)28-10(2)19(25)21-3)17(24)15-12(22)6-5-7-13(15)23;1-3-5-7-9-11-10-8-6-4-2/h8-10,24H,4-7H2,1-3H3,(H,21,25);. The Labute approximate surface area is 272 Å². The Morgan fingerprint density at radius 1 is 1.05 bits per heavy atom. The van der Waals surface area contributed by atoms with Gasteiger partial charge in [-0.2, -0.15) is 0 Å². The lowest BCUT2D eigenvalue weighted by molar-refractivity contribution is -0.127. The molecular formula is C19H22ClNO7S12. The first kappa shape index (κ1) is 38.1. The Morgan fingerprint density at radius 3 is 2.00 bits per heavy atom. The van der Waals surface area contributed by atoms with Gasteiger partial charge in [-0.15, -0.1) is 0 Å². The number of sulfone groups is 1. The fourth-order valence-corrected chi connectivity index (χ4v) is 23.5. The number of ether oxygens (including phenoxy) is 1. The molecule has 1 aromatic rings. The average molecular weight is 797 g/mol. The van der Waals surface area contributed by atoms with E-state index < -0.39 is 39.2 Å². The third-order valence-electron chi connectivity index (χ3n) is 4.77. The fraction of sp³-hybridized carbons (Fsp3) is 0.421. The molecule has 0 heterocycles. The zero-order chi connectivity index (χ0) is 30.3. The predicted molar refractivity (Wildman–Crippen MR) is 188 cm³/mol. The lowest BCUT2D eigenvalue weighted by Crippen LogP contribution is -2.34. The molecule has 1 fully saturated rings. The van der Waals surface area contributed by atoms with E-state index in [9.17, 15) is 27.9 Å². The van der Waals surface area contributed by atoms with Crippen molar-refractivity contribution in [1.82, 2.24) is 5.32 Å². The Bertz CT molecular complexity index is 1640. The predicted octanol–water partition coefficient (Wildman–Crippen LogP) is 2.21. The number of allylic oxidation sites excluding steroid dienone is 1. The highest BCUT2D eigenvalue weighted by Crippen LogP contribution is 2.40. The summed E-state index contributed by atoms with van der Waals surface area (Å²) >= 11 is 15.7. The molecule has 0 radical (unpaired) electrons. The topological polar surface area (TPSA) is 127 Å². The van der Waals surface area contributed by atoms with E-state index in [-0.39, 0.29) is 45.4 Å². The first-order valence-corrected chi connectivity index (χ1v) is 26.0. The van der Waals surface area contributed by atoms with Crippen LogP contribution in [0.15, 0.2) is 22.6 Å². The van der Waals surface area contributed by atoms with Crippen molar-refractivity contribution >= 4 is 147 Å². The monoisotopic (exact) mass is 795 g/mol. The van der Waals surface area contributed by atoms with E-state index in [4.69, 9.17) is 16.3 Å². The molecule has 2 rings (SSSR count). The molecule has 224 valence electrons.